The van der Waals surface area contributed by atoms with Crippen molar-refractivity contribution in [1.29, 1.82) is 5.26 Å². The van der Waals surface area contributed by atoms with E-state index in [0.717, 1.165) is 12.8 Å². The Labute approximate surface area is 126 Å². The van der Waals surface area contributed by atoms with Gasteiger partial charge in [-0.2, -0.15) is 5.26 Å². The first-order valence-corrected chi connectivity index (χ1v) is 7.00. The highest BCUT2D eigenvalue weighted by Crippen LogP contribution is 2.40. The van der Waals surface area contributed by atoms with Crippen LogP contribution >= 0.6 is 0 Å². The average molecular weight is 293 g/mol. The third-order valence-electron chi connectivity index (χ3n) is 3.42. The minimum Gasteiger partial charge on any atom is -0.493 e. The van der Waals surface area contributed by atoms with E-state index in [0.29, 0.717) is 29.2 Å². The van der Waals surface area contributed by atoms with E-state index in [2.05, 4.69) is 6.07 Å². The molecule has 0 fully saturated rings. The van der Waals surface area contributed by atoms with Crippen molar-refractivity contribution in [3.05, 3.63) is 17.7 Å². The van der Waals surface area contributed by atoms with Crippen LogP contribution in [0.1, 0.15) is 37.7 Å². The Hall–Kier alpha value is -1.93. The van der Waals surface area contributed by atoms with E-state index < -0.39 is 12.0 Å². The number of hydrogen-bond acceptors (Lipinski definition) is 5. The van der Waals surface area contributed by atoms with Gasteiger partial charge in [-0.15, -0.1) is 0 Å². The summed E-state index contributed by atoms with van der Waals surface area (Å²) in [5, 5.41) is 19.6. The Morgan fingerprint density at radius 2 is 1.71 bits per heavy atom. The molecule has 0 aliphatic carbocycles. The van der Waals surface area contributed by atoms with Crippen molar-refractivity contribution in [3.63, 3.8) is 0 Å². The maximum atomic E-state index is 10.2. The highest BCUT2D eigenvalue weighted by molar-refractivity contribution is 5.55. The predicted molar refractivity (Wildman–Crippen MR) is 80.0 cm³/mol. The maximum Gasteiger partial charge on any atom is 0.203 e. The molecular formula is C16H23NO4. The molecule has 0 saturated carbocycles. The van der Waals surface area contributed by atoms with Crippen LogP contribution in [-0.4, -0.2) is 32.5 Å². The number of rotatable bonds is 8. The summed E-state index contributed by atoms with van der Waals surface area (Å²) < 4.78 is 15.8. The molecule has 1 N–H and O–H groups in total. The number of ether oxygens (including phenoxy) is 3. The lowest BCUT2D eigenvalue weighted by molar-refractivity contribution is 0.148. The molecule has 0 aromatic heterocycles. The number of unbranched alkanes of at least 4 members (excludes halogenated alkanes) is 1. The number of nitriles is 1. The van der Waals surface area contributed by atoms with E-state index >= 15 is 0 Å². The van der Waals surface area contributed by atoms with Crippen LogP contribution in [0, 0.1) is 11.3 Å². The molecule has 2 unspecified atom stereocenters. The van der Waals surface area contributed by atoms with E-state index in [9.17, 15) is 10.4 Å². The van der Waals surface area contributed by atoms with Gasteiger partial charge >= 0.3 is 0 Å². The van der Waals surface area contributed by atoms with Gasteiger partial charge in [0.05, 0.1) is 39.4 Å². The summed E-state index contributed by atoms with van der Waals surface area (Å²) in [5.41, 5.74) is 0.663. The highest BCUT2D eigenvalue weighted by atomic mass is 16.5. The zero-order chi connectivity index (χ0) is 15.8. The normalized spacial score (nSPS) is 13.1. The van der Waals surface area contributed by atoms with E-state index in [4.69, 9.17) is 14.2 Å². The summed E-state index contributed by atoms with van der Waals surface area (Å²) in [5.74, 6) is 0.818. The van der Waals surface area contributed by atoms with Gasteiger partial charge in [-0.25, -0.2) is 0 Å². The van der Waals surface area contributed by atoms with Crippen molar-refractivity contribution < 1.29 is 19.3 Å². The largest absolute Gasteiger partial charge is 0.493 e. The third kappa shape index (κ3) is 4.02. The summed E-state index contributed by atoms with van der Waals surface area (Å²) in [4.78, 5) is 0. The Bertz CT molecular complexity index is 471. The second kappa shape index (κ2) is 8.38. The molecule has 0 spiro atoms. The maximum absolute atomic E-state index is 10.2. The Morgan fingerprint density at radius 3 is 2.10 bits per heavy atom. The molecule has 2 atom stereocenters. The molecule has 0 bridgehead atoms. The van der Waals surface area contributed by atoms with Crippen molar-refractivity contribution in [3.8, 4) is 23.3 Å². The number of benzene rings is 1. The fourth-order valence-electron chi connectivity index (χ4n) is 2.24. The summed E-state index contributed by atoms with van der Waals surface area (Å²) in [7, 11) is 4.57. The van der Waals surface area contributed by atoms with Gasteiger partial charge in [-0.05, 0) is 24.1 Å². The fourth-order valence-corrected chi connectivity index (χ4v) is 2.24. The molecule has 0 aliphatic heterocycles. The highest BCUT2D eigenvalue weighted by Gasteiger charge is 2.24. The van der Waals surface area contributed by atoms with Gasteiger partial charge in [-0.1, -0.05) is 19.8 Å². The summed E-state index contributed by atoms with van der Waals surface area (Å²) >= 11 is 0. The molecule has 21 heavy (non-hydrogen) atoms. The molecule has 1 aromatic carbocycles. The fraction of sp³-hybridized carbons (Fsp3) is 0.562. The van der Waals surface area contributed by atoms with Crippen LogP contribution in [0.25, 0.3) is 0 Å². The summed E-state index contributed by atoms with van der Waals surface area (Å²) in [6.45, 7) is 2.05. The molecule has 116 valence electrons. The Morgan fingerprint density at radius 1 is 1.14 bits per heavy atom. The zero-order valence-electron chi connectivity index (χ0n) is 13.0. The molecule has 0 radical (unpaired) electrons. The first-order valence-electron chi connectivity index (χ1n) is 7.00. The van der Waals surface area contributed by atoms with Crippen LogP contribution in [0.3, 0.4) is 0 Å². The minimum atomic E-state index is -0.710. The van der Waals surface area contributed by atoms with Gasteiger partial charge in [0.2, 0.25) is 5.75 Å². The summed E-state index contributed by atoms with van der Waals surface area (Å²) in [6, 6.07) is 5.59. The standard InChI is InChI=1S/C16H23NO4/c1-5-6-7-13(18)12(10-17)11-8-14(19-2)16(21-4)15(9-11)20-3/h8-9,12-13,18H,5-7H2,1-4H3. The molecule has 0 heterocycles. The monoisotopic (exact) mass is 293 g/mol. The van der Waals surface area contributed by atoms with Gasteiger partial charge in [-0.3, -0.25) is 0 Å². The minimum absolute atomic E-state index is 0.475. The Balaban J connectivity index is 3.18. The molecule has 0 aliphatic rings. The van der Waals surface area contributed by atoms with E-state index in [1.807, 2.05) is 6.92 Å². The van der Waals surface area contributed by atoms with E-state index in [-0.39, 0.29) is 0 Å². The average Bonchev–Trinajstić information content (AvgIpc) is 2.52. The molecule has 0 amide bonds. The van der Waals surface area contributed by atoms with Crippen molar-refractivity contribution in [2.45, 2.75) is 38.2 Å². The van der Waals surface area contributed by atoms with Gasteiger partial charge in [0, 0.05) is 0 Å². The quantitative estimate of drug-likeness (QED) is 0.798. The van der Waals surface area contributed by atoms with Gasteiger partial charge in [0.25, 0.3) is 0 Å². The Kier molecular flexibility index (Phi) is 6.83. The lowest BCUT2D eigenvalue weighted by atomic mass is 9.91. The molecule has 5 heteroatoms. The van der Waals surface area contributed by atoms with Gasteiger partial charge in [0.1, 0.15) is 0 Å². The topological polar surface area (TPSA) is 71.7 Å². The zero-order valence-corrected chi connectivity index (χ0v) is 13.0. The first-order chi connectivity index (χ1) is 10.1. The number of methoxy groups -OCH3 is 3. The number of hydrogen-bond donors (Lipinski definition) is 1. The van der Waals surface area contributed by atoms with Crippen LogP contribution in [0.5, 0.6) is 17.2 Å². The summed E-state index contributed by atoms with van der Waals surface area (Å²) in [6.07, 6.45) is 1.73. The molecule has 1 rings (SSSR count). The van der Waals surface area contributed by atoms with Crippen LogP contribution in [-0.2, 0) is 0 Å². The lowest BCUT2D eigenvalue weighted by Gasteiger charge is -2.20. The molecule has 0 saturated heterocycles. The van der Waals surface area contributed by atoms with Crippen LogP contribution in [0.15, 0.2) is 12.1 Å². The lowest BCUT2D eigenvalue weighted by Crippen LogP contribution is -2.17. The predicted octanol–water partition coefficient (Wildman–Crippen LogP) is 2.87. The second-order valence-corrected chi connectivity index (χ2v) is 4.78. The second-order valence-electron chi connectivity index (χ2n) is 4.78. The van der Waals surface area contributed by atoms with Crippen LogP contribution < -0.4 is 14.2 Å². The third-order valence-corrected chi connectivity index (χ3v) is 3.42. The van der Waals surface area contributed by atoms with E-state index in [1.54, 1.807) is 12.1 Å². The van der Waals surface area contributed by atoms with Crippen molar-refractivity contribution in [1.82, 2.24) is 0 Å². The number of aliphatic hydroxyl groups excluding tert-OH is 1. The number of nitrogens with zero attached hydrogens (tertiary/aromatic N) is 1. The van der Waals surface area contributed by atoms with Crippen molar-refractivity contribution in [2.24, 2.45) is 0 Å². The number of aliphatic hydroxyl groups is 1. The van der Waals surface area contributed by atoms with Crippen molar-refractivity contribution >= 4 is 0 Å². The molecule has 5 nitrogen and oxygen atoms in total. The van der Waals surface area contributed by atoms with Gasteiger partial charge < -0.3 is 19.3 Å². The van der Waals surface area contributed by atoms with E-state index in [1.165, 1.54) is 21.3 Å². The van der Waals surface area contributed by atoms with Crippen LogP contribution in [0.4, 0.5) is 0 Å². The molecule has 1 aromatic rings. The smallest absolute Gasteiger partial charge is 0.203 e. The SMILES string of the molecule is CCCCC(O)C(C#N)c1cc(OC)c(OC)c(OC)c1. The van der Waals surface area contributed by atoms with Gasteiger partial charge in [0.15, 0.2) is 11.5 Å². The molecular weight excluding hydrogens is 270 g/mol. The van der Waals surface area contributed by atoms with Crippen LogP contribution in [0.2, 0.25) is 0 Å². The van der Waals surface area contributed by atoms with Crippen molar-refractivity contribution in [2.75, 3.05) is 21.3 Å². The first kappa shape index (κ1) is 17.1.